The van der Waals surface area contributed by atoms with E-state index < -0.39 is 5.97 Å². The second-order valence-corrected chi connectivity index (χ2v) is 6.06. The van der Waals surface area contributed by atoms with E-state index in [2.05, 4.69) is 10.2 Å². The number of carboxylic acids is 1. The van der Waals surface area contributed by atoms with Crippen LogP contribution in [-0.2, 0) is 4.79 Å². The third-order valence-corrected chi connectivity index (χ3v) is 4.19. The van der Waals surface area contributed by atoms with E-state index in [1.807, 2.05) is 44.2 Å². The summed E-state index contributed by atoms with van der Waals surface area (Å²) in [5.74, 6) is -0.884. The number of hydrogen-bond acceptors (Lipinski definition) is 4. The van der Waals surface area contributed by atoms with E-state index in [0.29, 0.717) is 5.16 Å². The summed E-state index contributed by atoms with van der Waals surface area (Å²) in [6, 6.07) is 9.33. The van der Waals surface area contributed by atoms with Gasteiger partial charge in [0.25, 0.3) is 0 Å². The maximum absolute atomic E-state index is 11.7. The molecular weight excluding hydrogens is 290 g/mol. The largest absolute Gasteiger partial charge is 0.481 e. The molecule has 1 aromatic carbocycles. The molecule has 1 unspecified atom stereocenters. The number of nitrogens with one attached hydrogen (secondary N) is 1. The van der Waals surface area contributed by atoms with Crippen molar-refractivity contribution in [1.29, 1.82) is 0 Å². The van der Waals surface area contributed by atoms with Crippen LogP contribution in [0.3, 0.4) is 0 Å². The van der Waals surface area contributed by atoms with Gasteiger partial charge >= 0.3 is 11.7 Å². The lowest BCUT2D eigenvalue weighted by Gasteiger charge is -2.16. The van der Waals surface area contributed by atoms with E-state index in [-0.39, 0.29) is 23.4 Å². The Balaban J connectivity index is 2.32. The average molecular weight is 307 g/mol. The number of H-pyrrole nitrogens is 1. The molecule has 0 aliphatic heterocycles. The van der Waals surface area contributed by atoms with Crippen molar-refractivity contribution >= 4 is 17.7 Å². The van der Waals surface area contributed by atoms with Gasteiger partial charge in [-0.3, -0.25) is 9.36 Å². The maximum Gasteiger partial charge on any atom is 0.344 e. The predicted octanol–water partition coefficient (Wildman–Crippen LogP) is 2.46. The van der Waals surface area contributed by atoms with E-state index in [0.717, 1.165) is 5.56 Å². The molecule has 0 amide bonds. The summed E-state index contributed by atoms with van der Waals surface area (Å²) < 4.78 is 1.53. The molecule has 1 heterocycles. The fraction of sp³-hybridized carbons (Fsp3) is 0.357. The second-order valence-electron chi connectivity index (χ2n) is 4.89. The van der Waals surface area contributed by atoms with Crippen molar-refractivity contribution in [3.05, 3.63) is 46.4 Å². The molecule has 7 heteroatoms. The molecule has 0 saturated carbocycles. The lowest BCUT2D eigenvalue weighted by molar-refractivity contribution is -0.137. The van der Waals surface area contributed by atoms with Crippen molar-refractivity contribution in [2.75, 3.05) is 0 Å². The Morgan fingerprint density at radius 3 is 2.62 bits per heavy atom. The van der Waals surface area contributed by atoms with Crippen molar-refractivity contribution in [2.45, 2.75) is 36.7 Å². The van der Waals surface area contributed by atoms with Gasteiger partial charge in [-0.2, -0.15) is 0 Å². The summed E-state index contributed by atoms with van der Waals surface area (Å²) in [5.41, 5.74) is 0.616. The van der Waals surface area contributed by atoms with Crippen molar-refractivity contribution < 1.29 is 9.90 Å². The fourth-order valence-corrected chi connectivity index (χ4v) is 3.29. The molecule has 21 heavy (non-hydrogen) atoms. The molecule has 0 saturated heterocycles. The highest BCUT2D eigenvalue weighted by Crippen LogP contribution is 2.36. The van der Waals surface area contributed by atoms with Crippen LogP contribution in [0.15, 0.2) is 40.3 Å². The van der Waals surface area contributed by atoms with Crippen LogP contribution in [0.1, 0.15) is 37.1 Å². The van der Waals surface area contributed by atoms with Crippen LogP contribution in [0.5, 0.6) is 0 Å². The molecule has 2 rings (SSSR count). The third kappa shape index (κ3) is 3.75. The molecule has 0 radical (unpaired) electrons. The molecule has 6 nitrogen and oxygen atoms in total. The van der Waals surface area contributed by atoms with Crippen LogP contribution in [0.4, 0.5) is 0 Å². The van der Waals surface area contributed by atoms with Gasteiger partial charge in [-0.15, -0.1) is 5.10 Å². The smallest absolute Gasteiger partial charge is 0.344 e. The van der Waals surface area contributed by atoms with Crippen LogP contribution < -0.4 is 5.69 Å². The molecule has 0 bridgehead atoms. The third-order valence-electron chi connectivity index (χ3n) is 2.97. The number of hydrogen-bond donors (Lipinski definition) is 2. The quantitative estimate of drug-likeness (QED) is 0.800. The molecule has 2 N–H and O–H groups in total. The normalized spacial score (nSPS) is 12.5. The predicted molar refractivity (Wildman–Crippen MR) is 80.5 cm³/mol. The number of benzene rings is 1. The zero-order chi connectivity index (χ0) is 15.4. The van der Waals surface area contributed by atoms with Gasteiger partial charge in [0.05, 0.1) is 6.42 Å². The van der Waals surface area contributed by atoms with Gasteiger partial charge in [0.2, 0.25) is 0 Å². The van der Waals surface area contributed by atoms with Crippen molar-refractivity contribution in [2.24, 2.45) is 0 Å². The molecule has 2 aromatic rings. The van der Waals surface area contributed by atoms with E-state index in [1.165, 1.54) is 16.3 Å². The van der Waals surface area contributed by atoms with Crippen molar-refractivity contribution in [3.8, 4) is 0 Å². The molecule has 112 valence electrons. The Morgan fingerprint density at radius 1 is 1.38 bits per heavy atom. The Hall–Kier alpha value is -2.02. The Labute approximate surface area is 126 Å². The molecule has 0 fully saturated rings. The van der Waals surface area contributed by atoms with Crippen LogP contribution in [0.25, 0.3) is 0 Å². The molecule has 1 aromatic heterocycles. The minimum atomic E-state index is -0.884. The minimum Gasteiger partial charge on any atom is -0.481 e. The highest BCUT2D eigenvalue weighted by Gasteiger charge is 2.21. The van der Waals surface area contributed by atoms with E-state index in [1.54, 1.807) is 0 Å². The number of aliphatic carboxylic acids is 1. The zero-order valence-electron chi connectivity index (χ0n) is 11.8. The fourth-order valence-electron chi connectivity index (χ4n) is 2.01. The van der Waals surface area contributed by atoms with Crippen LogP contribution in [0, 0.1) is 0 Å². The van der Waals surface area contributed by atoms with Crippen LogP contribution >= 0.6 is 11.8 Å². The standard InChI is InChI=1S/C14H17N3O3S/c1-9(2)17-13(20)15-16-14(17)21-11(8-12(18)19)10-6-4-3-5-7-10/h3-7,9,11H,8H2,1-2H3,(H,15,20)(H,18,19). The number of carboxylic acid groups (broad SMARTS) is 1. The average Bonchev–Trinajstić information content (AvgIpc) is 2.79. The van der Waals surface area contributed by atoms with E-state index in [9.17, 15) is 9.59 Å². The van der Waals surface area contributed by atoms with Gasteiger partial charge < -0.3 is 5.11 Å². The Bertz CT molecular complexity index is 664. The second kappa shape index (κ2) is 6.62. The summed E-state index contributed by atoms with van der Waals surface area (Å²) in [5, 5.41) is 15.7. The lowest BCUT2D eigenvalue weighted by atomic mass is 10.1. The van der Waals surface area contributed by atoms with Gasteiger partial charge in [0.1, 0.15) is 0 Å². The molecule has 0 aliphatic rings. The Morgan fingerprint density at radius 2 is 2.05 bits per heavy atom. The number of aromatic amines is 1. The number of nitrogens with zero attached hydrogens (tertiary/aromatic N) is 2. The van der Waals surface area contributed by atoms with Crippen LogP contribution in [0.2, 0.25) is 0 Å². The maximum atomic E-state index is 11.7. The number of carbonyl (C=O) groups is 1. The number of rotatable bonds is 6. The number of aromatic nitrogens is 3. The van der Waals surface area contributed by atoms with Gasteiger partial charge in [-0.25, -0.2) is 9.89 Å². The van der Waals surface area contributed by atoms with Crippen LogP contribution in [-0.4, -0.2) is 25.8 Å². The Kier molecular flexibility index (Phi) is 4.85. The first-order valence-corrected chi connectivity index (χ1v) is 7.47. The molecule has 1 atom stereocenters. The summed E-state index contributed by atoms with van der Waals surface area (Å²) in [7, 11) is 0. The van der Waals surface area contributed by atoms with E-state index >= 15 is 0 Å². The topological polar surface area (TPSA) is 88.0 Å². The zero-order valence-corrected chi connectivity index (χ0v) is 12.6. The summed E-state index contributed by atoms with van der Waals surface area (Å²) in [6.45, 7) is 3.77. The lowest BCUT2D eigenvalue weighted by Crippen LogP contribution is -2.19. The molecule has 0 spiro atoms. The van der Waals surface area contributed by atoms with Gasteiger partial charge in [-0.05, 0) is 19.4 Å². The first-order chi connectivity index (χ1) is 9.99. The molecular formula is C14H17N3O3S. The summed E-state index contributed by atoms with van der Waals surface area (Å²) in [6.07, 6.45) is -0.0339. The van der Waals surface area contributed by atoms with Gasteiger partial charge in [-0.1, -0.05) is 42.1 Å². The number of thioether (sulfide) groups is 1. The highest BCUT2D eigenvalue weighted by molar-refractivity contribution is 7.99. The highest BCUT2D eigenvalue weighted by atomic mass is 32.2. The SMILES string of the molecule is CC(C)n1c(SC(CC(=O)O)c2ccccc2)n[nH]c1=O. The summed E-state index contributed by atoms with van der Waals surface area (Å²) >= 11 is 1.29. The van der Waals surface area contributed by atoms with Gasteiger partial charge in [0.15, 0.2) is 5.16 Å². The first-order valence-electron chi connectivity index (χ1n) is 6.59. The van der Waals surface area contributed by atoms with Crippen molar-refractivity contribution in [3.63, 3.8) is 0 Å². The van der Waals surface area contributed by atoms with Crippen molar-refractivity contribution in [1.82, 2.24) is 14.8 Å². The minimum absolute atomic E-state index is 0.0339. The van der Waals surface area contributed by atoms with E-state index in [4.69, 9.17) is 5.11 Å². The summed E-state index contributed by atoms with van der Waals surface area (Å²) in [4.78, 5) is 22.8. The monoisotopic (exact) mass is 307 g/mol. The molecule has 0 aliphatic carbocycles. The van der Waals surface area contributed by atoms with Gasteiger partial charge in [0, 0.05) is 11.3 Å². The first kappa shape index (κ1) is 15.4.